The molecule has 0 aliphatic rings. The van der Waals surface area contributed by atoms with E-state index in [9.17, 15) is 9.90 Å². The molecule has 0 aromatic heterocycles. The number of phenolic OH excluding ortho intramolecular Hbond substituents is 1. The second-order valence-electron chi connectivity index (χ2n) is 2.40. The lowest BCUT2D eigenvalue weighted by molar-refractivity contribution is 0.0546. The molecule has 0 aliphatic carbocycles. The number of para-hydroxylation sites is 1. The molecule has 0 unspecified atom stereocenters. The third kappa shape index (κ3) is 3.14. The van der Waals surface area contributed by atoms with Gasteiger partial charge in [0, 0.05) is 0 Å². The summed E-state index contributed by atoms with van der Waals surface area (Å²) < 4.78 is 4.74. The van der Waals surface area contributed by atoms with Crippen molar-refractivity contribution in [3.63, 3.8) is 0 Å². The normalized spacial score (nSPS) is 8.57. The van der Waals surface area contributed by atoms with Gasteiger partial charge < -0.3 is 9.84 Å². The molecule has 0 heterocycles. The molecule has 1 N–H and O–H groups in total. The highest BCUT2D eigenvalue weighted by molar-refractivity contribution is 7.59. The number of benzene rings is 1. The van der Waals surface area contributed by atoms with Gasteiger partial charge in [0.1, 0.15) is 17.9 Å². The van der Waals surface area contributed by atoms with Crippen LogP contribution in [0.2, 0.25) is 0 Å². The van der Waals surface area contributed by atoms with Crippen molar-refractivity contribution >= 4 is 19.5 Å². The molecule has 4 heteroatoms. The number of carbonyl (C=O) groups excluding carboxylic acids is 1. The minimum absolute atomic E-state index is 0. The van der Waals surface area contributed by atoms with Crippen molar-refractivity contribution in [3.8, 4) is 5.75 Å². The Hall–Kier alpha value is -1.42. The molecule has 0 bridgehead atoms. The smallest absolute Gasteiger partial charge is 0.342 e. The number of aromatic hydroxyl groups is 1. The highest BCUT2D eigenvalue weighted by atomic mass is 32.1. The number of hydrogen-bond acceptors (Lipinski definition) is 3. The molecule has 14 heavy (non-hydrogen) atoms. The second-order valence-corrected chi connectivity index (χ2v) is 2.40. The maximum absolute atomic E-state index is 11.2. The Kier molecular flexibility index (Phi) is 5.48. The number of phenols is 1. The predicted octanol–water partition coefficient (Wildman–Crippen LogP) is 1.85. The molecule has 0 aliphatic heterocycles. The molecule has 0 fully saturated rings. The first kappa shape index (κ1) is 12.6. The number of ether oxygens (including phenoxy) is 1. The Balaban J connectivity index is 0.00000169. The van der Waals surface area contributed by atoms with Gasteiger partial charge in [-0.15, -0.1) is 0 Å². The van der Waals surface area contributed by atoms with Crippen LogP contribution in [0.1, 0.15) is 10.4 Å². The van der Waals surface area contributed by atoms with E-state index in [4.69, 9.17) is 4.74 Å². The van der Waals surface area contributed by atoms with E-state index >= 15 is 0 Å². The summed E-state index contributed by atoms with van der Waals surface area (Å²) in [6.07, 6.45) is 1.47. The standard InChI is InChI=1S/C10H10O3.H2S/c1-2-7-13-10(12)8-5-3-4-6-9(8)11;/h2-6,11H,1,7H2;1H2. The van der Waals surface area contributed by atoms with Crippen LogP contribution >= 0.6 is 13.5 Å². The molecule has 0 saturated carbocycles. The Morgan fingerprint density at radius 3 is 2.71 bits per heavy atom. The van der Waals surface area contributed by atoms with Crippen molar-refractivity contribution in [1.29, 1.82) is 0 Å². The van der Waals surface area contributed by atoms with Gasteiger partial charge in [-0.2, -0.15) is 13.5 Å². The highest BCUT2D eigenvalue weighted by Crippen LogP contribution is 2.16. The SMILES string of the molecule is C=CCOC(=O)c1ccccc1O.S. The highest BCUT2D eigenvalue weighted by Gasteiger charge is 2.09. The largest absolute Gasteiger partial charge is 0.507 e. The molecule has 0 saturated heterocycles. The number of carbonyl (C=O) groups is 1. The molecule has 1 rings (SSSR count). The van der Waals surface area contributed by atoms with Gasteiger partial charge >= 0.3 is 5.97 Å². The van der Waals surface area contributed by atoms with Crippen LogP contribution < -0.4 is 0 Å². The monoisotopic (exact) mass is 212 g/mol. The third-order valence-corrected chi connectivity index (χ3v) is 1.46. The van der Waals surface area contributed by atoms with E-state index in [1.165, 1.54) is 18.2 Å². The second kappa shape index (κ2) is 6.10. The lowest BCUT2D eigenvalue weighted by Crippen LogP contribution is -2.04. The summed E-state index contributed by atoms with van der Waals surface area (Å²) in [5.41, 5.74) is 0.171. The van der Waals surface area contributed by atoms with Crippen molar-refractivity contribution in [1.82, 2.24) is 0 Å². The zero-order valence-electron chi connectivity index (χ0n) is 7.56. The van der Waals surface area contributed by atoms with Crippen molar-refractivity contribution in [2.75, 3.05) is 6.61 Å². The first-order valence-electron chi connectivity index (χ1n) is 3.81. The van der Waals surface area contributed by atoms with E-state index in [0.29, 0.717) is 0 Å². The average molecular weight is 212 g/mol. The molecule has 1 aromatic carbocycles. The minimum atomic E-state index is -0.544. The molecule has 1 aromatic rings. The first-order valence-corrected chi connectivity index (χ1v) is 3.81. The maximum Gasteiger partial charge on any atom is 0.342 e. The summed E-state index contributed by atoms with van der Waals surface area (Å²) in [5.74, 6) is -0.616. The summed E-state index contributed by atoms with van der Waals surface area (Å²) in [6, 6.07) is 6.23. The summed E-state index contributed by atoms with van der Waals surface area (Å²) in [4.78, 5) is 11.2. The summed E-state index contributed by atoms with van der Waals surface area (Å²) in [5, 5.41) is 9.25. The molecule has 0 atom stereocenters. The lowest BCUT2D eigenvalue weighted by atomic mass is 10.2. The van der Waals surface area contributed by atoms with Gasteiger partial charge in [-0.3, -0.25) is 0 Å². The van der Waals surface area contributed by atoms with E-state index in [1.807, 2.05) is 0 Å². The fourth-order valence-corrected chi connectivity index (χ4v) is 0.859. The van der Waals surface area contributed by atoms with E-state index in [0.717, 1.165) is 0 Å². The van der Waals surface area contributed by atoms with Gasteiger partial charge in [-0.25, -0.2) is 4.79 Å². The average Bonchev–Trinajstić information content (AvgIpc) is 2.15. The lowest BCUT2D eigenvalue weighted by Gasteiger charge is -2.02. The molecular formula is C10H12O3S. The van der Waals surface area contributed by atoms with Gasteiger partial charge in [0.05, 0.1) is 0 Å². The third-order valence-electron chi connectivity index (χ3n) is 1.46. The van der Waals surface area contributed by atoms with Crippen LogP contribution in [0.25, 0.3) is 0 Å². The topological polar surface area (TPSA) is 46.5 Å². The molecule has 76 valence electrons. The maximum atomic E-state index is 11.2. The fourth-order valence-electron chi connectivity index (χ4n) is 0.859. The molecule has 0 spiro atoms. The van der Waals surface area contributed by atoms with Gasteiger partial charge in [0.15, 0.2) is 0 Å². The summed E-state index contributed by atoms with van der Waals surface area (Å²) in [6.45, 7) is 3.56. The van der Waals surface area contributed by atoms with Gasteiger partial charge in [-0.1, -0.05) is 24.8 Å². The number of hydrogen-bond donors (Lipinski definition) is 1. The van der Waals surface area contributed by atoms with Crippen LogP contribution in [0.5, 0.6) is 5.75 Å². The van der Waals surface area contributed by atoms with Crippen LogP contribution in [0.4, 0.5) is 0 Å². The Labute approximate surface area is 89.5 Å². The molecule has 0 radical (unpaired) electrons. The minimum Gasteiger partial charge on any atom is -0.507 e. The Morgan fingerprint density at radius 1 is 1.50 bits per heavy atom. The zero-order valence-corrected chi connectivity index (χ0v) is 8.56. The van der Waals surface area contributed by atoms with Crippen molar-refractivity contribution in [2.45, 2.75) is 0 Å². The predicted molar refractivity (Wildman–Crippen MR) is 59.0 cm³/mol. The molecule has 3 nitrogen and oxygen atoms in total. The zero-order chi connectivity index (χ0) is 9.68. The van der Waals surface area contributed by atoms with Crippen LogP contribution in [-0.2, 0) is 4.74 Å². The Morgan fingerprint density at radius 2 is 2.14 bits per heavy atom. The Bertz CT molecular complexity index is 323. The quantitative estimate of drug-likeness (QED) is 0.614. The van der Waals surface area contributed by atoms with Crippen LogP contribution in [0.15, 0.2) is 36.9 Å². The van der Waals surface area contributed by atoms with Crippen molar-refractivity contribution in [3.05, 3.63) is 42.5 Å². The fraction of sp³-hybridized carbons (Fsp3) is 0.100. The van der Waals surface area contributed by atoms with Gasteiger partial charge in [-0.05, 0) is 12.1 Å². The van der Waals surface area contributed by atoms with Crippen molar-refractivity contribution in [2.24, 2.45) is 0 Å². The van der Waals surface area contributed by atoms with Crippen LogP contribution in [0, 0.1) is 0 Å². The molecular weight excluding hydrogens is 200 g/mol. The van der Waals surface area contributed by atoms with Crippen molar-refractivity contribution < 1.29 is 14.6 Å². The summed E-state index contributed by atoms with van der Waals surface area (Å²) >= 11 is 0. The summed E-state index contributed by atoms with van der Waals surface area (Å²) in [7, 11) is 0. The van der Waals surface area contributed by atoms with Crippen LogP contribution in [-0.4, -0.2) is 17.7 Å². The van der Waals surface area contributed by atoms with Gasteiger partial charge in [0.25, 0.3) is 0 Å². The number of esters is 1. The van der Waals surface area contributed by atoms with Crippen LogP contribution in [0.3, 0.4) is 0 Å². The van der Waals surface area contributed by atoms with E-state index in [-0.39, 0.29) is 31.4 Å². The number of rotatable bonds is 3. The van der Waals surface area contributed by atoms with E-state index in [1.54, 1.807) is 12.1 Å². The van der Waals surface area contributed by atoms with E-state index < -0.39 is 5.97 Å². The molecule has 0 amide bonds. The first-order chi connectivity index (χ1) is 6.25. The van der Waals surface area contributed by atoms with E-state index in [2.05, 4.69) is 6.58 Å². The van der Waals surface area contributed by atoms with Gasteiger partial charge in [0.2, 0.25) is 0 Å².